The van der Waals surface area contributed by atoms with Gasteiger partial charge in [-0.1, -0.05) is 48.5 Å². The fraction of sp³-hybridized carbons (Fsp3) is 0.500. The number of rotatable bonds is 8. The van der Waals surface area contributed by atoms with Gasteiger partial charge in [-0.05, 0) is 43.7 Å². The molecule has 7 nitrogen and oxygen atoms in total. The number of ketones is 1. The van der Waals surface area contributed by atoms with Crippen molar-refractivity contribution in [3.63, 3.8) is 0 Å². The molecule has 2 fully saturated rings. The van der Waals surface area contributed by atoms with E-state index in [0.717, 1.165) is 37.5 Å². The van der Waals surface area contributed by atoms with Gasteiger partial charge in [-0.3, -0.25) is 14.4 Å². The number of fused-ring (bicyclic) bond motifs is 1. The lowest BCUT2D eigenvalue weighted by Gasteiger charge is -2.24. The molecule has 2 aromatic rings. The zero-order valence-corrected chi connectivity index (χ0v) is 19.6. The van der Waals surface area contributed by atoms with Crippen molar-refractivity contribution < 1.29 is 14.4 Å². The van der Waals surface area contributed by atoms with Crippen molar-refractivity contribution in [1.29, 1.82) is 5.26 Å². The maximum absolute atomic E-state index is 13.0. The molecular weight excluding hydrogens is 463 g/mol. The van der Waals surface area contributed by atoms with Gasteiger partial charge < -0.3 is 15.6 Å². The Hall–Kier alpha value is -2.56. The standard InChI is InChI=1S/C24H26Cl2N4O3/c25-17-8-7-15-11-19(29-22(15)21(17)26)24(33)30-18(9-13-5-6-13)23(32)28-16(12-27)10-14-3-1-2-4-20(14)31/h7-8,11,13-14,16,18,29H,1-6,9-10H2,(H,28,32)(H,30,33)/t14-,16-,18-/m0/s1. The third-order valence-electron chi connectivity index (χ3n) is 6.49. The molecule has 2 aliphatic rings. The smallest absolute Gasteiger partial charge is 0.268 e. The van der Waals surface area contributed by atoms with Crippen LogP contribution in [0.25, 0.3) is 10.9 Å². The molecule has 2 saturated carbocycles. The summed E-state index contributed by atoms with van der Waals surface area (Å²) in [5, 5.41) is 16.6. The molecule has 1 aromatic carbocycles. The Morgan fingerprint density at radius 3 is 2.64 bits per heavy atom. The monoisotopic (exact) mass is 488 g/mol. The van der Waals surface area contributed by atoms with Crippen LogP contribution < -0.4 is 10.6 Å². The molecule has 0 unspecified atom stereocenters. The van der Waals surface area contributed by atoms with E-state index >= 15 is 0 Å². The zero-order chi connectivity index (χ0) is 23.5. The second kappa shape index (κ2) is 10.1. The largest absolute Gasteiger partial charge is 0.349 e. The fourth-order valence-corrected chi connectivity index (χ4v) is 4.80. The van der Waals surface area contributed by atoms with E-state index in [2.05, 4.69) is 21.7 Å². The summed E-state index contributed by atoms with van der Waals surface area (Å²) < 4.78 is 0. The summed E-state index contributed by atoms with van der Waals surface area (Å²) in [5.74, 6) is -0.492. The van der Waals surface area contributed by atoms with Crippen molar-refractivity contribution in [2.24, 2.45) is 11.8 Å². The molecule has 3 atom stereocenters. The zero-order valence-electron chi connectivity index (χ0n) is 18.1. The molecule has 2 aliphatic carbocycles. The average Bonchev–Trinajstić information content (AvgIpc) is 3.51. The van der Waals surface area contributed by atoms with Crippen molar-refractivity contribution in [2.45, 2.75) is 63.5 Å². The van der Waals surface area contributed by atoms with Crippen molar-refractivity contribution in [1.82, 2.24) is 15.6 Å². The fourth-order valence-electron chi connectivity index (χ4n) is 4.42. The first-order valence-corrected chi connectivity index (χ1v) is 12.1. The van der Waals surface area contributed by atoms with Crippen LogP contribution in [0.3, 0.4) is 0 Å². The van der Waals surface area contributed by atoms with Gasteiger partial charge in [0.15, 0.2) is 0 Å². The van der Waals surface area contributed by atoms with Gasteiger partial charge in [0.2, 0.25) is 5.91 Å². The van der Waals surface area contributed by atoms with Crippen LogP contribution in [0, 0.1) is 23.2 Å². The van der Waals surface area contributed by atoms with E-state index in [1.165, 1.54) is 0 Å². The number of carbonyl (C=O) groups excluding carboxylic acids is 3. The molecule has 2 amide bonds. The van der Waals surface area contributed by atoms with Crippen LogP contribution in [-0.2, 0) is 9.59 Å². The van der Waals surface area contributed by atoms with Gasteiger partial charge >= 0.3 is 0 Å². The average molecular weight is 489 g/mol. The number of carbonyl (C=O) groups is 3. The van der Waals surface area contributed by atoms with Crippen LogP contribution in [0.4, 0.5) is 0 Å². The van der Waals surface area contributed by atoms with Gasteiger partial charge in [0.1, 0.15) is 23.6 Å². The van der Waals surface area contributed by atoms with Crippen molar-refractivity contribution in [2.75, 3.05) is 0 Å². The normalized spacial score (nSPS) is 20.2. The predicted octanol–water partition coefficient (Wildman–Crippen LogP) is 4.53. The molecule has 4 rings (SSSR count). The highest BCUT2D eigenvalue weighted by atomic mass is 35.5. The topological polar surface area (TPSA) is 115 Å². The number of benzene rings is 1. The van der Waals surface area contributed by atoms with Gasteiger partial charge in [-0.25, -0.2) is 0 Å². The van der Waals surface area contributed by atoms with Gasteiger partial charge in [0.25, 0.3) is 5.91 Å². The Morgan fingerprint density at radius 2 is 1.94 bits per heavy atom. The van der Waals surface area contributed by atoms with Crippen molar-refractivity contribution >= 4 is 51.7 Å². The summed E-state index contributed by atoms with van der Waals surface area (Å²) in [6.45, 7) is 0. The second-order valence-electron chi connectivity index (χ2n) is 9.05. The Morgan fingerprint density at radius 1 is 1.15 bits per heavy atom. The molecule has 3 N–H and O–H groups in total. The SMILES string of the molecule is N#C[C@H](C[C@@H]1CCCCC1=O)NC(=O)[C@H](CC1CC1)NC(=O)c1cc2ccc(Cl)c(Cl)c2[nH]1. The number of halogens is 2. The number of nitrogens with zero attached hydrogens (tertiary/aromatic N) is 1. The minimum absolute atomic E-state index is 0.163. The molecule has 0 bridgehead atoms. The van der Waals surface area contributed by atoms with E-state index in [1.54, 1.807) is 18.2 Å². The number of H-pyrrole nitrogens is 1. The molecule has 33 heavy (non-hydrogen) atoms. The van der Waals surface area contributed by atoms with E-state index in [9.17, 15) is 19.6 Å². The Bertz CT molecular complexity index is 1120. The second-order valence-corrected chi connectivity index (χ2v) is 9.83. The summed E-state index contributed by atoms with van der Waals surface area (Å²) in [5.41, 5.74) is 0.826. The number of amides is 2. The number of hydrogen-bond acceptors (Lipinski definition) is 4. The van der Waals surface area contributed by atoms with Crippen LogP contribution >= 0.6 is 23.2 Å². The molecule has 0 radical (unpaired) electrons. The summed E-state index contributed by atoms with van der Waals surface area (Å²) >= 11 is 12.3. The third kappa shape index (κ3) is 5.69. The van der Waals surface area contributed by atoms with Crippen molar-refractivity contribution in [3.8, 4) is 6.07 Å². The number of nitrogens with one attached hydrogen (secondary N) is 3. The third-order valence-corrected chi connectivity index (χ3v) is 7.30. The van der Waals surface area contributed by atoms with Gasteiger partial charge in [-0.2, -0.15) is 5.26 Å². The number of hydrogen-bond donors (Lipinski definition) is 3. The minimum atomic E-state index is -0.770. The molecule has 0 saturated heterocycles. The Kier molecular flexibility index (Phi) is 7.26. The number of aromatic amines is 1. The van der Waals surface area contributed by atoms with Crippen LogP contribution in [0.15, 0.2) is 18.2 Å². The van der Waals surface area contributed by atoms with E-state index in [1.807, 2.05) is 0 Å². The molecule has 174 valence electrons. The Labute approximate surface area is 202 Å². The molecule has 0 aliphatic heterocycles. The molecule has 1 heterocycles. The van der Waals surface area contributed by atoms with E-state index in [4.69, 9.17) is 23.2 Å². The number of Topliss-reactive ketones (excluding diaryl/α,β-unsaturated/α-hetero) is 1. The van der Waals surface area contributed by atoms with Crippen LogP contribution in [-0.4, -0.2) is 34.7 Å². The predicted molar refractivity (Wildman–Crippen MR) is 126 cm³/mol. The number of nitriles is 1. The maximum atomic E-state index is 13.0. The first-order chi connectivity index (χ1) is 15.9. The van der Waals surface area contributed by atoms with Crippen LogP contribution in [0.2, 0.25) is 10.0 Å². The first-order valence-electron chi connectivity index (χ1n) is 11.4. The van der Waals surface area contributed by atoms with E-state index in [0.29, 0.717) is 40.7 Å². The summed E-state index contributed by atoms with van der Waals surface area (Å²) in [6, 6.07) is 5.65. The van der Waals surface area contributed by atoms with Gasteiger partial charge in [0.05, 0.1) is 21.6 Å². The van der Waals surface area contributed by atoms with Gasteiger partial charge in [-0.15, -0.1) is 0 Å². The first kappa shape index (κ1) is 23.6. The minimum Gasteiger partial charge on any atom is -0.349 e. The van der Waals surface area contributed by atoms with E-state index < -0.39 is 23.9 Å². The van der Waals surface area contributed by atoms with Crippen molar-refractivity contribution in [3.05, 3.63) is 33.9 Å². The highest BCUT2D eigenvalue weighted by molar-refractivity contribution is 6.45. The molecule has 0 spiro atoms. The van der Waals surface area contributed by atoms with Gasteiger partial charge in [0, 0.05) is 17.7 Å². The highest BCUT2D eigenvalue weighted by Gasteiger charge is 2.33. The lowest BCUT2D eigenvalue weighted by Crippen LogP contribution is -2.50. The maximum Gasteiger partial charge on any atom is 0.268 e. The molecular formula is C24H26Cl2N4O3. The van der Waals surface area contributed by atoms with E-state index in [-0.39, 0.29) is 17.4 Å². The molecule has 1 aromatic heterocycles. The summed E-state index contributed by atoms with van der Waals surface area (Å²) in [7, 11) is 0. The quantitative estimate of drug-likeness (QED) is 0.505. The molecule has 9 heteroatoms. The van der Waals surface area contributed by atoms with Crippen LogP contribution in [0.1, 0.15) is 61.9 Å². The lowest BCUT2D eigenvalue weighted by molar-refractivity contribution is -0.126. The summed E-state index contributed by atoms with van der Waals surface area (Å²) in [6.07, 6.45) is 5.98. The lowest BCUT2D eigenvalue weighted by atomic mass is 9.84. The van der Waals surface area contributed by atoms with Crippen LogP contribution in [0.5, 0.6) is 0 Å². The number of aromatic nitrogens is 1. The highest BCUT2D eigenvalue weighted by Crippen LogP contribution is 2.34. The Balaban J connectivity index is 1.44. The summed E-state index contributed by atoms with van der Waals surface area (Å²) in [4.78, 5) is 41.1.